The summed E-state index contributed by atoms with van der Waals surface area (Å²) in [6.07, 6.45) is -0.995. The molecule has 0 N–H and O–H groups in total. The van der Waals surface area contributed by atoms with Gasteiger partial charge in [0.15, 0.2) is 11.5 Å². The standard InChI is InChI=1S/C25H38O6Si2/c1-16(2)32(17(3)4)28-15-22(27)25(30-33(31-32,18(5)6)19(7)8)14-21(26)24-13-20-11-9-10-12-23(20)29-24/h9-13,16-19,25H,14-15H2,1-8H3/t25-/m0/s1. The largest absolute Gasteiger partial charge is 0.453 e. The van der Waals surface area contributed by atoms with Gasteiger partial charge < -0.3 is 17.4 Å². The maximum atomic E-state index is 13.3. The van der Waals surface area contributed by atoms with Crippen LogP contribution in [0.25, 0.3) is 11.0 Å². The quantitative estimate of drug-likeness (QED) is 0.324. The van der Waals surface area contributed by atoms with Gasteiger partial charge >= 0.3 is 17.1 Å². The van der Waals surface area contributed by atoms with Crippen molar-refractivity contribution in [1.82, 2.24) is 0 Å². The van der Waals surface area contributed by atoms with Crippen molar-refractivity contribution in [3.63, 3.8) is 0 Å². The third-order valence-electron chi connectivity index (χ3n) is 6.73. The highest BCUT2D eigenvalue weighted by molar-refractivity contribution is 6.84. The fraction of sp³-hybridized carbons (Fsp3) is 0.600. The predicted molar refractivity (Wildman–Crippen MR) is 134 cm³/mol. The van der Waals surface area contributed by atoms with Gasteiger partial charge in [-0.2, -0.15) is 0 Å². The minimum absolute atomic E-state index is 0.0835. The van der Waals surface area contributed by atoms with Crippen molar-refractivity contribution in [1.29, 1.82) is 0 Å². The van der Waals surface area contributed by atoms with Gasteiger partial charge in [-0.1, -0.05) is 73.6 Å². The van der Waals surface area contributed by atoms with Gasteiger partial charge in [-0.25, -0.2) is 0 Å². The Morgan fingerprint density at radius 3 is 2.06 bits per heavy atom. The van der Waals surface area contributed by atoms with Crippen molar-refractivity contribution in [2.45, 2.75) is 90.1 Å². The second kappa shape index (κ2) is 9.95. The molecule has 0 bridgehead atoms. The zero-order chi connectivity index (χ0) is 24.6. The average molecular weight is 491 g/mol. The van der Waals surface area contributed by atoms with Crippen LogP contribution in [0.3, 0.4) is 0 Å². The summed E-state index contributed by atoms with van der Waals surface area (Å²) in [5.74, 6) is -0.207. The smallest absolute Gasteiger partial charge is 0.335 e. The lowest BCUT2D eigenvalue weighted by atomic mass is 10.1. The summed E-state index contributed by atoms with van der Waals surface area (Å²) in [6.45, 7) is 16.7. The molecule has 1 aromatic heterocycles. The molecule has 3 rings (SSSR count). The first-order valence-corrected chi connectivity index (χ1v) is 15.9. The Hall–Kier alpha value is -1.59. The van der Waals surface area contributed by atoms with Gasteiger partial charge in [0.25, 0.3) is 0 Å². The van der Waals surface area contributed by atoms with E-state index in [1.54, 1.807) is 6.07 Å². The average Bonchev–Trinajstić information content (AvgIpc) is 3.17. The van der Waals surface area contributed by atoms with Crippen molar-refractivity contribution in [2.75, 3.05) is 6.61 Å². The van der Waals surface area contributed by atoms with Gasteiger partial charge in [0.2, 0.25) is 5.78 Å². The summed E-state index contributed by atoms with van der Waals surface area (Å²) in [5, 5.41) is 0.857. The van der Waals surface area contributed by atoms with E-state index < -0.39 is 23.2 Å². The molecular weight excluding hydrogens is 452 g/mol. The van der Waals surface area contributed by atoms with E-state index in [-0.39, 0.29) is 52.5 Å². The molecule has 1 fully saturated rings. The number of ketones is 2. The van der Waals surface area contributed by atoms with Crippen LogP contribution < -0.4 is 0 Å². The van der Waals surface area contributed by atoms with E-state index in [9.17, 15) is 9.59 Å². The zero-order valence-electron chi connectivity index (χ0n) is 21.1. The molecular formula is C25H38O6Si2. The van der Waals surface area contributed by atoms with Crippen LogP contribution in [0.4, 0.5) is 0 Å². The Labute approximate surface area is 199 Å². The van der Waals surface area contributed by atoms with E-state index in [1.807, 2.05) is 24.3 Å². The van der Waals surface area contributed by atoms with E-state index in [4.69, 9.17) is 17.4 Å². The van der Waals surface area contributed by atoms with E-state index >= 15 is 0 Å². The van der Waals surface area contributed by atoms with Crippen molar-refractivity contribution in [3.8, 4) is 0 Å². The molecule has 8 heteroatoms. The van der Waals surface area contributed by atoms with Gasteiger partial charge in [-0.3, -0.25) is 9.59 Å². The third-order valence-corrected chi connectivity index (χ3v) is 17.0. The summed E-state index contributed by atoms with van der Waals surface area (Å²) in [4.78, 5) is 26.5. The molecule has 0 saturated carbocycles. The fourth-order valence-corrected chi connectivity index (χ4v) is 15.9. The number of furan rings is 1. The van der Waals surface area contributed by atoms with E-state index in [1.165, 1.54) is 0 Å². The lowest BCUT2D eigenvalue weighted by molar-refractivity contribution is -0.131. The Balaban J connectivity index is 1.96. The van der Waals surface area contributed by atoms with Crippen molar-refractivity contribution in [3.05, 3.63) is 36.1 Å². The van der Waals surface area contributed by atoms with Crippen LogP contribution in [0.15, 0.2) is 34.7 Å². The summed E-state index contributed by atoms with van der Waals surface area (Å²) in [5.41, 5.74) is 1.13. The van der Waals surface area contributed by atoms with E-state index in [0.717, 1.165) is 5.39 Å². The first-order chi connectivity index (χ1) is 15.4. The third kappa shape index (κ3) is 4.95. The summed E-state index contributed by atoms with van der Waals surface area (Å²) in [7, 11) is -5.72. The lowest BCUT2D eigenvalue weighted by Crippen LogP contribution is -2.65. The molecule has 1 saturated heterocycles. The maximum Gasteiger partial charge on any atom is 0.335 e. The molecule has 0 spiro atoms. The first kappa shape index (κ1) is 26.0. The number of benzene rings is 1. The molecule has 6 nitrogen and oxygen atoms in total. The molecule has 2 heterocycles. The topological polar surface area (TPSA) is 75.0 Å². The van der Waals surface area contributed by atoms with Crippen molar-refractivity contribution in [2.24, 2.45) is 0 Å². The van der Waals surface area contributed by atoms with E-state index in [2.05, 4.69) is 55.4 Å². The van der Waals surface area contributed by atoms with Crippen LogP contribution in [0.5, 0.6) is 0 Å². The monoisotopic (exact) mass is 490 g/mol. The lowest BCUT2D eigenvalue weighted by Gasteiger charge is -2.50. The zero-order valence-corrected chi connectivity index (χ0v) is 23.1. The first-order valence-electron chi connectivity index (χ1n) is 12.0. The molecule has 0 radical (unpaired) electrons. The second-order valence-corrected chi connectivity index (χ2v) is 19.1. The minimum atomic E-state index is -2.95. The highest BCUT2D eigenvalue weighted by Crippen LogP contribution is 2.45. The molecule has 182 valence electrons. The molecule has 0 amide bonds. The molecule has 2 aromatic rings. The molecule has 0 unspecified atom stereocenters. The highest BCUT2D eigenvalue weighted by atomic mass is 28.5. The number of carbonyl (C=O) groups excluding carboxylic acids is 2. The van der Waals surface area contributed by atoms with Gasteiger partial charge in [-0.15, -0.1) is 0 Å². The minimum Gasteiger partial charge on any atom is -0.453 e. The number of hydrogen-bond donors (Lipinski definition) is 0. The van der Waals surface area contributed by atoms with Gasteiger partial charge in [0.1, 0.15) is 11.7 Å². The molecule has 0 aliphatic carbocycles. The molecule has 1 aliphatic heterocycles. The molecule has 1 aromatic carbocycles. The van der Waals surface area contributed by atoms with Gasteiger partial charge in [0.05, 0.1) is 6.61 Å². The number of para-hydroxylation sites is 1. The van der Waals surface area contributed by atoms with Crippen molar-refractivity contribution >= 4 is 39.7 Å². The molecule has 1 aliphatic rings. The number of fused-ring (bicyclic) bond motifs is 1. The van der Waals surface area contributed by atoms with Crippen molar-refractivity contribution < 1.29 is 27.0 Å². The number of carbonyl (C=O) groups is 2. The maximum absolute atomic E-state index is 13.3. The Morgan fingerprint density at radius 2 is 1.52 bits per heavy atom. The number of rotatable bonds is 7. The Kier molecular flexibility index (Phi) is 7.85. The van der Waals surface area contributed by atoms with Crippen LogP contribution in [0.2, 0.25) is 22.2 Å². The number of hydrogen-bond acceptors (Lipinski definition) is 6. The molecule has 33 heavy (non-hydrogen) atoms. The van der Waals surface area contributed by atoms with Crippen LogP contribution >= 0.6 is 0 Å². The van der Waals surface area contributed by atoms with Crippen LogP contribution in [-0.2, 0) is 17.8 Å². The Morgan fingerprint density at radius 1 is 0.939 bits per heavy atom. The summed E-state index contributed by atoms with van der Waals surface area (Å²) >= 11 is 0. The predicted octanol–water partition coefficient (Wildman–Crippen LogP) is 6.53. The van der Waals surface area contributed by atoms with Gasteiger partial charge in [0, 0.05) is 11.8 Å². The van der Waals surface area contributed by atoms with Crippen LogP contribution in [0.1, 0.15) is 72.4 Å². The second-order valence-electron chi connectivity index (χ2n) is 10.3. The molecule has 1 atom stereocenters. The van der Waals surface area contributed by atoms with E-state index in [0.29, 0.717) is 5.58 Å². The highest BCUT2D eigenvalue weighted by Gasteiger charge is 2.58. The normalized spacial score (nSPS) is 21.2. The van der Waals surface area contributed by atoms with Crippen LogP contribution in [-0.4, -0.2) is 41.4 Å². The SMILES string of the molecule is CC(C)[Si]1(C(C)C)OCC(=O)[C@H](CC(=O)c2cc3ccccc3o2)O[Si](C(C)C)(C(C)C)O1. The summed E-state index contributed by atoms with van der Waals surface area (Å²) < 4.78 is 25.9. The van der Waals surface area contributed by atoms with Gasteiger partial charge in [-0.05, 0) is 34.3 Å². The fourth-order valence-electron chi connectivity index (χ4n) is 4.82. The van der Waals surface area contributed by atoms with Crippen LogP contribution in [0, 0.1) is 0 Å². The number of Topliss-reactive ketones (excluding diaryl/α,β-unsaturated/α-hetero) is 2. The summed E-state index contributed by atoms with van der Waals surface area (Å²) in [6, 6.07) is 9.20. The Bertz CT molecular complexity index is 945.